The van der Waals surface area contributed by atoms with Gasteiger partial charge in [-0.25, -0.2) is 13.4 Å². The minimum absolute atomic E-state index is 0.0913. The first-order valence-electron chi connectivity index (χ1n) is 8.75. The molecule has 1 fully saturated rings. The fourth-order valence-corrected chi connectivity index (χ4v) is 4.70. The van der Waals surface area contributed by atoms with E-state index in [1.54, 1.807) is 24.4 Å². The maximum absolute atomic E-state index is 13.0. The van der Waals surface area contributed by atoms with E-state index in [1.165, 1.54) is 16.4 Å². The molecule has 2 aromatic rings. The lowest BCUT2D eigenvalue weighted by Gasteiger charge is -2.34. The summed E-state index contributed by atoms with van der Waals surface area (Å²) in [5, 5.41) is 2.69. The van der Waals surface area contributed by atoms with Crippen LogP contribution in [-0.2, 0) is 14.8 Å². The second kappa shape index (κ2) is 7.75. The van der Waals surface area contributed by atoms with Crippen LogP contribution in [0.5, 0.6) is 0 Å². The third-order valence-electron chi connectivity index (χ3n) is 4.28. The molecule has 1 aliphatic heterocycles. The number of morpholine rings is 1. The fraction of sp³-hybridized carbons (Fsp3) is 0.368. The van der Waals surface area contributed by atoms with Crippen LogP contribution in [0.25, 0.3) is 0 Å². The molecule has 1 aromatic carbocycles. The Hall–Kier alpha value is -2.29. The van der Waals surface area contributed by atoms with E-state index in [4.69, 9.17) is 4.74 Å². The van der Waals surface area contributed by atoms with Crippen molar-refractivity contribution in [1.82, 2.24) is 9.29 Å². The van der Waals surface area contributed by atoms with Crippen molar-refractivity contribution in [2.24, 2.45) is 0 Å². The van der Waals surface area contributed by atoms with Gasteiger partial charge in [0.05, 0.1) is 17.1 Å². The fourth-order valence-electron chi connectivity index (χ4n) is 3.07. The monoisotopic (exact) mass is 389 g/mol. The third-order valence-corrected chi connectivity index (χ3v) is 6.10. The Labute approximate surface area is 159 Å². The van der Waals surface area contributed by atoms with Crippen LogP contribution in [-0.4, -0.2) is 48.9 Å². The molecule has 1 aliphatic rings. The number of benzene rings is 1. The number of anilines is 1. The van der Waals surface area contributed by atoms with Crippen LogP contribution in [0.3, 0.4) is 0 Å². The number of nitrogens with zero attached hydrogens (tertiary/aromatic N) is 2. The van der Waals surface area contributed by atoms with E-state index in [0.717, 1.165) is 5.56 Å². The summed E-state index contributed by atoms with van der Waals surface area (Å²) in [6.07, 6.45) is 1.25. The molecule has 144 valence electrons. The highest BCUT2D eigenvalue weighted by Crippen LogP contribution is 2.22. The predicted molar refractivity (Wildman–Crippen MR) is 102 cm³/mol. The van der Waals surface area contributed by atoms with E-state index in [2.05, 4.69) is 10.3 Å². The number of hydrogen-bond donors (Lipinski definition) is 1. The van der Waals surface area contributed by atoms with Gasteiger partial charge in [-0.1, -0.05) is 6.07 Å². The molecule has 7 nitrogen and oxygen atoms in total. The summed E-state index contributed by atoms with van der Waals surface area (Å²) >= 11 is 0. The quantitative estimate of drug-likeness (QED) is 0.868. The first kappa shape index (κ1) is 19.5. The van der Waals surface area contributed by atoms with E-state index >= 15 is 0 Å². The van der Waals surface area contributed by atoms with Gasteiger partial charge < -0.3 is 10.1 Å². The van der Waals surface area contributed by atoms with Crippen molar-refractivity contribution >= 4 is 21.7 Å². The molecule has 2 unspecified atom stereocenters. The molecule has 0 radical (unpaired) electrons. The number of pyridine rings is 1. The van der Waals surface area contributed by atoms with Crippen LogP contribution >= 0.6 is 0 Å². The second-order valence-electron chi connectivity index (χ2n) is 6.78. The molecule has 1 saturated heterocycles. The topological polar surface area (TPSA) is 88.6 Å². The normalized spacial score (nSPS) is 21.0. The lowest BCUT2D eigenvalue weighted by atomic mass is 10.2. The maximum Gasteiger partial charge on any atom is 0.256 e. The Bertz CT molecular complexity index is 935. The molecule has 2 heterocycles. The Morgan fingerprint density at radius 3 is 2.56 bits per heavy atom. The molecule has 27 heavy (non-hydrogen) atoms. The Morgan fingerprint density at radius 2 is 1.89 bits per heavy atom. The summed E-state index contributed by atoms with van der Waals surface area (Å²) in [5.41, 5.74) is 1.22. The molecule has 0 aliphatic carbocycles. The summed E-state index contributed by atoms with van der Waals surface area (Å²) in [5.74, 6) is 0.0120. The molecule has 0 saturated carbocycles. The summed E-state index contributed by atoms with van der Waals surface area (Å²) in [4.78, 5) is 16.7. The third kappa shape index (κ3) is 4.52. The summed E-state index contributed by atoms with van der Waals surface area (Å²) in [7, 11) is -3.71. The van der Waals surface area contributed by atoms with Crippen LogP contribution in [0, 0.1) is 6.92 Å². The highest BCUT2D eigenvalue weighted by atomic mass is 32.2. The van der Waals surface area contributed by atoms with Gasteiger partial charge in [0.1, 0.15) is 5.82 Å². The van der Waals surface area contributed by atoms with Crippen molar-refractivity contribution in [3.63, 3.8) is 0 Å². The van der Waals surface area contributed by atoms with E-state index < -0.39 is 15.9 Å². The molecule has 1 aromatic heterocycles. The van der Waals surface area contributed by atoms with Crippen molar-refractivity contribution in [2.45, 2.75) is 37.9 Å². The number of rotatable bonds is 4. The Morgan fingerprint density at radius 1 is 1.19 bits per heavy atom. The SMILES string of the molecule is Cc1ccnc(NC(=O)c2cccc(S(=O)(=O)N3CC(C)OC(C)C3)c2)c1. The van der Waals surface area contributed by atoms with Gasteiger partial charge >= 0.3 is 0 Å². The molecular weight excluding hydrogens is 366 g/mol. The second-order valence-corrected chi connectivity index (χ2v) is 8.72. The zero-order valence-corrected chi connectivity index (χ0v) is 16.4. The van der Waals surface area contributed by atoms with Crippen LogP contribution in [0.2, 0.25) is 0 Å². The van der Waals surface area contributed by atoms with Gasteiger partial charge in [0.2, 0.25) is 10.0 Å². The van der Waals surface area contributed by atoms with E-state index in [-0.39, 0.29) is 35.8 Å². The lowest BCUT2D eigenvalue weighted by molar-refractivity contribution is -0.0440. The average molecular weight is 389 g/mol. The van der Waals surface area contributed by atoms with Crippen LogP contribution in [0.1, 0.15) is 29.8 Å². The number of sulfonamides is 1. The Kier molecular flexibility index (Phi) is 5.59. The van der Waals surface area contributed by atoms with E-state index in [1.807, 2.05) is 26.8 Å². The number of carbonyl (C=O) groups is 1. The van der Waals surface area contributed by atoms with E-state index in [0.29, 0.717) is 5.82 Å². The first-order valence-corrected chi connectivity index (χ1v) is 10.2. The van der Waals surface area contributed by atoms with Crippen molar-refractivity contribution in [3.8, 4) is 0 Å². The highest BCUT2D eigenvalue weighted by Gasteiger charge is 2.32. The molecule has 2 atom stereocenters. The minimum atomic E-state index is -3.71. The molecular formula is C19H23N3O4S. The number of aromatic nitrogens is 1. The molecule has 1 N–H and O–H groups in total. The van der Waals surface area contributed by atoms with Crippen LogP contribution in [0.4, 0.5) is 5.82 Å². The van der Waals surface area contributed by atoms with Gasteiger partial charge in [0.25, 0.3) is 5.91 Å². The number of nitrogens with one attached hydrogen (secondary N) is 1. The summed E-state index contributed by atoms with van der Waals surface area (Å²) in [6, 6.07) is 9.61. The van der Waals surface area contributed by atoms with Crippen LogP contribution < -0.4 is 5.32 Å². The molecule has 3 rings (SSSR count). The molecule has 0 bridgehead atoms. The van der Waals surface area contributed by atoms with Gasteiger partial charge in [-0.3, -0.25) is 4.79 Å². The largest absolute Gasteiger partial charge is 0.373 e. The summed E-state index contributed by atoms with van der Waals surface area (Å²) in [6.45, 7) is 6.16. The smallest absolute Gasteiger partial charge is 0.256 e. The number of amides is 1. The maximum atomic E-state index is 13.0. The number of aryl methyl sites for hydroxylation is 1. The van der Waals surface area contributed by atoms with Gasteiger partial charge in [-0.2, -0.15) is 4.31 Å². The highest BCUT2D eigenvalue weighted by molar-refractivity contribution is 7.89. The Balaban J connectivity index is 1.83. The van der Waals surface area contributed by atoms with E-state index in [9.17, 15) is 13.2 Å². The number of hydrogen-bond acceptors (Lipinski definition) is 5. The van der Waals surface area contributed by atoms with Crippen LogP contribution in [0.15, 0.2) is 47.5 Å². The molecule has 0 spiro atoms. The average Bonchev–Trinajstić information content (AvgIpc) is 2.61. The van der Waals surface area contributed by atoms with Gasteiger partial charge in [-0.15, -0.1) is 0 Å². The minimum Gasteiger partial charge on any atom is -0.373 e. The van der Waals surface area contributed by atoms with Crippen molar-refractivity contribution < 1.29 is 17.9 Å². The zero-order valence-electron chi connectivity index (χ0n) is 15.5. The predicted octanol–water partition coefficient (Wildman–Crippen LogP) is 2.44. The standard InChI is InChI=1S/C19H23N3O4S/c1-13-7-8-20-18(9-13)21-19(23)16-5-4-6-17(10-16)27(24,25)22-11-14(2)26-15(3)12-22/h4-10,14-15H,11-12H2,1-3H3,(H,20,21,23). The van der Waals surface area contributed by atoms with Crippen molar-refractivity contribution in [1.29, 1.82) is 0 Å². The number of carbonyl (C=O) groups excluding carboxylic acids is 1. The zero-order chi connectivity index (χ0) is 19.6. The van der Waals surface area contributed by atoms with Gasteiger partial charge in [0.15, 0.2) is 0 Å². The van der Waals surface area contributed by atoms with Crippen molar-refractivity contribution in [3.05, 3.63) is 53.7 Å². The molecule has 1 amide bonds. The molecule has 8 heteroatoms. The summed E-state index contributed by atoms with van der Waals surface area (Å²) < 4.78 is 33.0. The van der Waals surface area contributed by atoms with Gasteiger partial charge in [-0.05, 0) is 56.7 Å². The first-order chi connectivity index (χ1) is 12.8. The number of ether oxygens (including phenoxy) is 1. The van der Waals surface area contributed by atoms with Gasteiger partial charge in [0, 0.05) is 24.8 Å². The lowest BCUT2D eigenvalue weighted by Crippen LogP contribution is -2.48. The van der Waals surface area contributed by atoms with Crippen molar-refractivity contribution in [2.75, 3.05) is 18.4 Å².